The molecule has 0 saturated heterocycles. The van der Waals surface area contributed by atoms with Crippen molar-refractivity contribution in [3.8, 4) is 45.1 Å². The fourth-order valence-electron chi connectivity index (χ4n) is 9.68. The summed E-state index contributed by atoms with van der Waals surface area (Å²) in [6.07, 6.45) is 0. The lowest BCUT2D eigenvalue weighted by molar-refractivity contribution is 1.01. The van der Waals surface area contributed by atoms with Crippen LogP contribution in [0.2, 0.25) is 13.1 Å². The van der Waals surface area contributed by atoms with Crippen molar-refractivity contribution in [3.63, 3.8) is 0 Å². The molecule has 11 aromatic rings. The lowest BCUT2D eigenvalue weighted by atomic mass is 9.97. The third kappa shape index (κ3) is 4.60. The monoisotopic (exact) mass is 744 g/mol. The summed E-state index contributed by atoms with van der Waals surface area (Å²) in [6, 6.07) is 66.0. The Morgan fingerprint density at radius 2 is 1.04 bits per heavy atom. The third-order valence-corrected chi connectivity index (χ3v) is 15.9. The van der Waals surface area contributed by atoms with Crippen molar-refractivity contribution in [1.29, 1.82) is 0 Å². The molecule has 1 aliphatic rings. The van der Waals surface area contributed by atoms with Gasteiger partial charge in [0.15, 0.2) is 0 Å². The van der Waals surface area contributed by atoms with Gasteiger partial charge in [0.1, 0.15) is 8.07 Å². The minimum absolute atomic E-state index is 0.678. The van der Waals surface area contributed by atoms with Crippen LogP contribution in [0.5, 0.6) is 0 Å². The Hall–Kier alpha value is -7.08. The zero-order chi connectivity index (χ0) is 37.8. The summed E-state index contributed by atoms with van der Waals surface area (Å²) >= 11 is 0. The molecule has 0 N–H and O–H groups in total. The molecule has 0 spiro atoms. The molecule has 5 heteroatoms. The molecule has 268 valence electrons. The van der Waals surface area contributed by atoms with Crippen LogP contribution in [0.25, 0.3) is 99.7 Å². The summed E-state index contributed by atoms with van der Waals surface area (Å²) in [7, 11) is -1.90. The molecule has 4 heterocycles. The van der Waals surface area contributed by atoms with Gasteiger partial charge in [-0.15, -0.1) is 0 Å². The summed E-state index contributed by atoms with van der Waals surface area (Å²) in [5, 5.41) is 8.93. The summed E-state index contributed by atoms with van der Waals surface area (Å²) in [5.74, 6) is 0.678. The quantitative estimate of drug-likeness (QED) is 0.168. The summed E-state index contributed by atoms with van der Waals surface area (Å²) in [5.41, 5.74) is 13.7. The van der Waals surface area contributed by atoms with E-state index >= 15 is 0 Å². The molecular formula is C52H36N4Si. The first-order valence-electron chi connectivity index (χ1n) is 19.7. The zero-order valence-electron chi connectivity index (χ0n) is 31.6. The molecule has 0 bridgehead atoms. The van der Waals surface area contributed by atoms with Gasteiger partial charge in [0.05, 0.1) is 33.3 Å². The van der Waals surface area contributed by atoms with Crippen LogP contribution in [0.1, 0.15) is 0 Å². The Labute approximate surface area is 331 Å². The largest absolute Gasteiger partial charge is 0.309 e. The van der Waals surface area contributed by atoms with Crippen LogP contribution >= 0.6 is 0 Å². The molecular weight excluding hydrogens is 709 g/mol. The molecule has 57 heavy (non-hydrogen) atoms. The highest BCUT2D eigenvalue weighted by Gasteiger charge is 2.39. The van der Waals surface area contributed by atoms with Gasteiger partial charge in [0.2, 0.25) is 5.95 Å². The highest BCUT2D eigenvalue weighted by atomic mass is 28.3. The second-order valence-electron chi connectivity index (χ2n) is 15.8. The van der Waals surface area contributed by atoms with E-state index in [4.69, 9.17) is 9.97 Å². The molecule has 0 fully saturated rings. The van der Waals surface area contributed by atoms with E-state index in [1.54, 1.807) is 0 Å². The van der Waals surface area contributed by atoms with Gasteiger partial charge in [0, 0.05) is 38.2 Å². The lowest BCUT2D eigenvalue weighted by Crippen LogP contribution is -2.49. The fraction of sp³-hybridized carbons (Fsp3) is 0.0385. The third-order valence-electron chi connectivity index (χ3n) is 12.3. The molecule has 0 atom stereocenters. The number of para-hydroxylation sites is 3. The maximum atomic E-state index is 5.55. The van der Waals surface area contributed by atoms with Crippen molar-refractivity contribution >= 4 is 73.0 Å². The first-order valence-corrected chi connectivity index (χ1v) is 22.7. The van der Waals surface area contributed by atoms with Gasteiger partial charge >= 0.3 is 0 Å². The normalized spacial score (nSPS) is 13.2. The number of rotatable bonds is 4. The maximum absolute atomic E-state index is 5.55. The van der Waals surface area contributed by atoms with Gasteiger partial charge < -0.3 is 4.57 Å². The van der Waals surface area contributed by atoms with Crippen molar-refractivity contribution < 1.29 is 0 Å². The molecule has 0 radical (unpaired) electrons. The van der Waals surface area contributed by atoms with E-state index in [1.807, 2.05) is 0 Å². The Kier molecular flexibility index (Phi) is 6.75. The van der Waals surface area contributed by atoms with E-state index in [0.717, 1.165) is 38.9 Å². The predicted molar refractivity (Wildman–Crippen MR) is 241 cm³/mol. The van der Waals surface area contributed by atoms with Crippen LogP contribution in [0.3, 0.4) is 0 Å². The number of nitrogens with zero attached hydrogens (tertiary/aromatic N) is 4. The number of benzene rings is 8. The number of fused-ring (bicyclic) bond motifs is 11. The molecule has 1 aliphatic heterocycles. The van der Waals surface area contributed by atoms with Gasteiger partial charge in [-0.2, -0.15) is 0 Å². The molecule has 3 aromatic heterocycles. The van der Waals surface area contributed by atoms with Crippen molar-refractivity contribution in [3.05, 3.63) is 182 Å². The van der Waals surface area contributed by atoms with E-state index in [1.165, 1.54) is 65.2 Å². The van der Waals surface area contributed by atoms with Gasteiger partial charge in [-0.05, 0) is 81.2 Å². The average molecular weight is 745 g/mol. The van der Waals surface area contributed by atoms with Gasteiger partial charge in [-0.1, -0.05) is 147 Å². The standard InChI is InChI=1S/C52H36N4Si/c1-57(2)47-24-14-11-21-40(47)49-48(57)30-28-42-50(49)51(33-15-5-3-6-16-33)54-52(53-42)56-44-23-13-10-20-38(44)41-31-34(26-29-45(41)56)35-25-27-39-37-19-9-12-22-43(37)55(46(39)32-35)36-17-7-4-8-18-36/h3-32H,1-2H3. The van der Waals surface area contributed by atoms with Gasteiger partial charge in [-0.3, -0.25) is 4.57 Å². The van der Waals surface area contributed by atoms with Crippen LogP contribution in [-0.4, -0.2) is 27.2 Å². The first-order chi connectivity index (χ1) is 28.0. The van der Waals surface area contributed by atoms with Crippen LogP contribution in [0.4, 0.5) is 0 Å². The molecule has 0 saturated carbocycles. The molecule has 0 unspecified atom stereocenters. The average Bonchev–Trinajstić information content (AvgIpc) is 3.86. The summed E-state index contributed by atoms with van der Waals surface area (Å²) in [6.45, 7) is 4.93. The minimum atomic E-state index is -1.90. The van der Waals surface area contributed by atoms with Crippen molar-refractivity contribution in [2.75, 3.05) is 0 Å². The maximum Gasteiger partial charge on any atom is 0.235 e. The smallest absolute Gasteiger partial charge is 0.235 e. The number of hydrogen-bond acceptors (Lipinski definition) is 2. The first kappa shape index (κ1) is 32.2. The Morgan fingerprint density at radius 3 is 1.84 bits per heavy atom. The van der Waals surface area contributed by atoms with Gasteiger partial charge in [-0.25, -0.2) is 9.97 Å². The van der Waals surface area contributed by atoms with E-state index in [2.05, 4.69) is 204 Å². The van der Waals surface area contributed by atoms with E-state index in [0.29, 0.717) is 5.95 Å². The van der Waals surface area contributed by atoms with Crippen molar-refractivity contribution in [2.24, 2.45) is 0 Å². The molecule has 4 nitrogen and oxygen atoms in total. The minimum Gasteiger partial charge on any atom is -0.309 e. The summed E-state index contributed by atoms with van der Waals surface area (Å²) in [4.78, 5) is 11.0. The highest BCUT2D eigenvalue weighted by molar-refractivity contribution is 7.04. The molecule has 8 aromatic carbocycles. The Balaban J connectivity index is 1.09. The number of hydrogen-bond donors (Lipinski definition) is 0. The fourth-order valence-corrected chi connectivity index (χ4v) is 12.8. The van der Waals surface area contributed by atoms with Crippen molar-refractivity contribution in [2.45, 2.75) is 13.1 Å². The highest BCUT2D eigenvalue weighted by Crippen LogP contribution is 2.41. The Morgan fingerprint density at radius 1 is 0.421 bits per heavy atom. The molecule has 0 amide bonds. The second kappa shape index (κ2) is 12.0. The lowest BCUT2D eigenvalue weighted by Gasteiger charge is -2.19. The van der Waals surface area contributed by atoms with E-state index in [9.17, 15) is 0 Å². The topological polar surface area (TPSA) is 35.6 Å². The Bertz CT molecular complexity index is 3430. The van der Waals surface area contributed by atoms with Crippen LogP contribution in [0.15, 0.2) is 182 Å². The van der Waals surface area contributed by atoms with Crippen LogP contribution in [0, 0.1) is 0 Å². The molecule has 12 rings (SSSR count). The van der Waals surface area contributed by atoms with Crippen LogP contribution < -0.4 is 10.4 Å². The zero-order valence-corrected chi connectivity index (χ0v) is 32.6. The molecule has 0 aliphatic carbocycles. The van der Waals surface area contributed by atoms with Gasteiger partial charge in [0.25, 0.3) is 0 Å². The predicted octanol–water partition coefficient (Wildman–Crippen LogP) is 12.0. The summed E-state index contributed by atoms with van der Waals surface area (Å²) < 4.78 is 4.65. The van der Waals surface area contributed by atoms with E-state index < -0.39 is 8.07 Å². The second-order valence-corrected chi connectivity index (χ2v) is 20.1. The van der Waals surface area contributed by atoms with Crippen molar-refractivity contribution in [1.82, 2.24) is 19.1 Å². The number of aromatic nitrogens is 4. The van der Waals surface area contributed by atoms with Crippen LogP contribution in [-0.2, 0) is 0 Å². The SMILES string of the molecule is C[Si]1(C)c2ccccc2-c2c1ccc1nc(-n3c4ccccc4c4cc(-c5ccc6c7ccccc7n(-c7ccccc7)c6c5)ccc43)nc(-c3ccccc3)c21. The van der Waals surface area contributed by atoms with E-state index in [-0.39, 0.29) is 0 Å².